The van der Waals surface area contributed by atoms with E-state index >= 15 is 0 Å². The first kappa shape index (κ1) is 20.9. The third-order valence-corrected chi connectivity index (χ3v) is 7.49. The summed E-state index contributed by atoms with van der Waals surface area (Å²) in [5.41, 5.74) is 0.302. The van der Waals surface area contributed by atoms with E-state index in [0.717, 1.165) is 30.4 Å². The van der Waals surface area contributed by atoms with Crippen LogP contribution in [-0.2, 0) is 22.2 Å². The minimum atomic E-state index is -1.29. The highest BCUT2D eigenvalue weighted by Gasteiger charge is 2.60. The first-order valence-electron chi connectivity index (χ1n) is 10.7. The van der Waals surface area contributed by atoms with Gasteiger partial charge in [0.2, 0.25) is 0 Å². The molecule has 0 aliphatic heterocycles. The predicted molar refractivity (Wildman–Crippen MR) is 114 cm³/mol. The van der Waals surface area contributed by atoms with Gasteiger partial charge >= 0.3 is 5.97 Å². The van der Waals surface area contributed by atoms with E-state index in [4.69, 9.17) is 9.84 Å². The highest BCUT2D eigenvalue weighted by atomic mass is 16.5. The van der Waals surface area contributed by atoms with Crippen molar-refractivity contribution < 1.29 is 24.9 Å². The summed E-state index contributed by atoms with van der Waals surface area (Å²) in [6, 6.07) is 15.3. The van der Waals surface area contributed by atoms with Gasteiger partial charge in [-0.05, 0) is 73.8 Å². The predicted octanol–water partition coefficient (Wildman–Crippen LogP) is 3.79. The third kappa shape index (κ3) is 3.21. The zero-order valence-electron chi connectivity index (χ0n) is 17.6. The molecule has 2 aliphatic rings. The summed E-state index contributed by atoms with van der Waals surface area (Å²) in [6.07, 6.45) is 3.60. The van der Waals surface area contributed by atoms with E-state index in [1.165, 1.54) is 5.56 Å². The number of carbonyl (C=O) groups is 1. The van der Waals surface area contributed by atoms with Crippen molar-refractivity contribution >= 4 is 5.97 Å². The molecule has 4 rings (SSSR count). The first-order valence-corrected chi connectivity index (χ1v) is 10.7. The monoisotopic (exact) mass is 410 g/mol. The van der Waals surface area contributed by atoms with Crippen LogP contribution < -0.4 is 4.74 Å². The molecule has 1 fully saturated rings. The number of benzene rings is 2. The zero-order valence-corrected chi connectivity index (χ0v) is 17.6. The Hall–Kier alpha value is -2.37. The van der Waals surface area contributed by atoms with Gasteiger partial charge in [-0.15, -0.1) is 0 Å². The Kier molecular flexibility index (Phi) is 5.15. The molecule has 2 aromatic rings. The van der Waals surface area contributed by atoms with Gasteiger partial charge in [0, 0.05) is 5.41 Å². The SMILES string of the molecule is CCC12CC(C)(O)C(O)(c3ccccc3)CC1CCc1cc(OCC(=O)O)ccc12. The molecule has 160 valence electrons. The Morgan fingerprint density at radius 1 is 1.17 bits per heavy atom. The highest BCUT2D eigenvalue weighted by Crippen LogP contribution is 2.60. The number of carboxylic acids is 1. The zero-order chi connectivity index (χ0) is 21.6. The van der Waals surface area contributed by atoms with Crippen molar-refractivity contribution in [1.29, 1.82) is 0 Å². The molecule has 0 saturated heterocycles. The fourth-order valence-electron chi connectivity index (χ4n) is 5.94. The van der Waals surface area contributed by atoms with Gasteiger partial charge < -0.3 is 20.1 Å². The molecule has 4 atom stereocenters. The average molecular weight is 411 g/mol. The van der Waals surface area contributed by atoms with Crippen LogP contribution >= 0.6 is 0 Å². The lowest BCUT2D eigenvalue weighted by Gasteiger charge is -2.59. The lowest BCUT2D eigenvalue weighted by molar-refractivity contribution is -0.205. The van der Waals surface area contributed by atoms with E-state index in [-0.39, 0.29) is 17.9 Å². The summed E-state index contributed by atoms with van der Waals surface area (Å²) in [6.45, 7) is 3.55. The Balaban J connectivity index is 1.72. The maximum absolute atomic E-state index is 11.7. The molecule has 4 unspecified atom stereocenters. The largest absolute Gasteiger partial charge is 0.482 e. The van der Waals surface area contributed by atoms with Crippen LogP contribution in [0.5, 0.6) is 5.75 Å². The van der Waals surface area contributed by atoms with Crippen LogP contribution in [0.25, 0.3) is 0 Å². The lowest BCUT2D eigenvalue weighted by Crippen LogP contribution is -2.62. The smallest absolute Gasteiger partial charge is 0.341 e. The van der Waals surface area contributed by atoms with Crippen LogP contribution in [0.2, 0.25) is 0 Å². The summed E-state index contributed by atoms with van der Waals surface area (Å²) in [4.78, 5) is 10.8. The van der Waals surface area contributed by atoms with Crippen molar-refractivity contribution in [2.75, 3.05) is 6.61 Å². The Morgan fingerprint density at radius 2 is 1.90 bits per heavy atom. The Bertz CT molecular complexity index is 938. The van der Waals surface area contributed by atoms with Crippen molar-refractivity contribution in [2.24, 2.45) is 5.92 Å². The van der Waals surface area contributed by atoms with Crippen LogP contribution in [0.4, 0.5) is 0 Å². The number of ether oxygens (including phenoxy) is 1. The normalized spacial score (nSPS) is 32.7. The maximum Gasteiger partial charge on any atom is 0.341 e. The van der Waals surface area contributed by atoms with Gasteiger partial charge in [-0.1, -0.05) is 43.3 Å². The van der Waals surface area contributed by atoms with E-state index in [2.05, 4.69) is 6.92 Å². The van der Waals surface area contributed by atoms with Gasteiger partial charge in [-0.3, -0.25) is 0 Å². The average Bonchev–Trinajstić information content (AvgIpc) is 2.73. The van der Waals surface area contributed by atoms with Crippen LogP contribution in [0, 0.1) is 5.92 Å². The third-order valence-electron chi connectivity index (χ3n) is 7.49. The summed E-state index contributed by atoms with van der Waals surface area (Å²) in [7, 11) is 0. The second kappa shape index (κ2) is 7.40. The molecule has 1 saturated carbocycles. The highest BCUT2D eigenvalue weighted by molar-refractivity contribution is 5.68. The van der Waals surface area contributed by atoms with Crippen LogP contribution in [0.1, 0.15) is 56.2 Å². The molecule has 5 nitrogen and oxygen atoms in total. The fraction of sp³-hybridized carbons (Fsp3) is 0.480. The van der Waals surface area contributed by atoms with Gasteiger partial charge in [0.1, 0.15) is 11.4 Å². The molecule has 5 heteroatoms. The molecule has 3 N–H and O–H groups in total. The van der Waals surface area contributed by atoms with Gasteiger partial charge in [0.15, 0.2) is 6.61 Å². The van der Waals surface area contributed by atoms with Crippen LogP contribution in [-0.4, -0.2) is 33.5 Å². The molecule has 30 heavy (non-hydrogen) atoms. The van der Waals surface area contributed by atoms with Gasteiger partial charge in [0.05, 0.1) is 5.60 Å². The fourth-order valence-corrected chi connectivity index (χ4v) is 5.94. The second-order valence-electron chi connectivity index (χ2n) is 9.13. The van der Waals surface area contributed by atoms with Crippen molar-refractivity contribution in [1.82, 2.24) is 0 Å². The molecule has 0 aromatic heterocycles. The van der Waals surface area contributed by atoms with Crippen molar-refractivity contribution in [2.45, 2.75) is 62.6 Å². The number of aliphatic carboxylic acids is 1. The summed E-state index contributed by atoms with van der Waals surface area (Å²) >= 11 is 0. The summed E-state index contributed by atoms with van der Waals surface area (Å²) in [5.74, 6) is -0.197. The van der Waals surface area contributed by atoms with E-state index < -0.39 is 17.2 Å². The van der Waals surface area contributed by atoms with E-state index in [1.54, 1.807) is 6.92 Å². The lowest BCUT2D eigenvalue weighted by atomic mass is 9.49. The quantitative estimate of drug-likeness (QED) is 0.698. The molecule has 0 radical (unpaired) electrons. The minimum Gasteiger partial charge on any atom is -0.482 e. The Morgan fingerprint density at radius 3 is 2.57 bits per heavy atom. The number of hydrogen-bond donors (Lipinski definition) is 3. The van der Waals surface area contributed by atoms with Crippen molar-refractivity contribution in [3.63, 3.8) is 0 Å². The molecular weight excluding hydrogens is 380 g/mol. The van der Waals surface area contributed by atoms with Crippen LogP contribution in [0.3, 0.4) is 0 Å². The van der Waals surface area contributed by atoms with Crippen LogP contribution in [0.15, 0.2) is 48.5 Å². The van der Waals surface area contributed by atoms with Gasteiger partial charge in [0.25, 0.3) is 0 Å². The molecular formula is C25H30O5. The number of rotatable bonds is 5. The van der Waals surface area contributed by atoms with Crippen molar-refractivity contribution in [3.05, 3.63) is 65.2 Å². The van der Waals surface area contributed by atoms with Gasteiger partial charge in [-0.25, -0.2) is 4.79 Å². The molecule has 2 aromatic carbocycles. The molecule has 0 heterocycles. The first-order chi connectivity index (χ1) is 14.2. The van der Waals surface area contributed by atoms with E-state index in [1.807, 2.05) is 48.5 Å². The molecule has 2 aliphatic carbocycles. The topological polar surface area (TPSA) is 87.0 Å². The number of aryl methyl sites for hydroxylation is 1. The van der Waals surface area contributed by atoms with E-state index in [0.29, 0.717) is 18.6 Å². The molecule has 0 spiro atoms. The summed E-state index contributed by atoms with van der Waals surface area (Å²) < 4.78 is 5.38. The second-order valence-corrected chi connectivity index (χ2v) is 9.13. The van der Waals surface area contributed by atoms with Gasteiger partial charge in [-0.2, -0.15) is 0 Å². The maximum atomic E-state index is 11.7. The number of hydrogen-bond acceptors (Lipinski definition) is 4. The number of fused-ring (bicyclic) bond motifs is 3. The minimum absolute atomic E-state index is 0.233. The molecule has 0 bridgehead atoms. The summed E-state index contributed by atoms with van der Waals surface area (Å²) in [5, 5.41) is 32.1. The van der Waals surface area contributed by atoms with Crippen molar-refractivity contribution in [3.8, 4) is 5.75 Å². The number of carboxylic acid groups (broad SMARTS) is 1. The van der Waals surface area contributed by atoms with E-state index in [9.17, 15) is 15.0 Å². The Labute approximate surface area is 177 Å². The standard InChI is InChI=1S/C25H30O5/c1-3-24-16-23(2,28)25(29,18-7-5-4-6-8-18)14-19(24)10-9-17-13-20(11-12-21(17)24)30-15-22(26)27/h4-8,11-13,19,28-29H,3,9-10,14-16H2,1-2H3,(H,26,27). The number of aliphatic hydroxyl groups is 2. The molecule has 0 amide bonds.